The molecule has 8 aromatic carbocycles. The molecule has 3 heterocycles. The summed E-state index contributed by atoms with van der Waals surface area (Å²) in [5, 5.41) is 2.02. The molecule has 0 unspecified atom stereocenters. The van der Waals surface area contributed by atoms with E-state index >= 15 is 0 Å². The third kappa shape index (κ3) is 6.63. The van der Waals surface area contributed by atoms with Crippen LogP contribution in [0, 0.1) is 18.8 Å². The van der Waals surface area contributed by atoms with Gasteiger partial charge in [-0.2, -0.15) is 12.1 Å². The van der Waals surface area contributed by atoms with Crippen LogP contribution in [0.5, 0.6) is 11.5 Å². The van der Waals surface area contributed by atoms with Gasteiger partial charge in [-0.1, -0.05) is 145 Å². The molecule has 11 rings (SSSR count). The number of para-hydroxylation sites is 3. The van der Waals surface area contributed by atoms with Gasteiger partial charge in [0.25, 0.3) is 0 Å². The van der Waals surface area contributed by atoms with Crippen LogP contribution in [0.1, 0.15) is 12.3 Å². The minimum atomic E-state index is -0.536. The van der Waals surface area contributed by atoms with Crippen molar-refractivity contribution in [1.82, 2.24) is 9.55 Å². The third-order valence-corrected chi connectivity index (χ3v) is 10.4. The number of aromatic nitrogens is 2. The second kappa shape index (κ2) is 15.9. The van der Waals surface area contributed by atoms with Crippen LogP contribution in [0.25, 0.3) is 61.0 Å². The summed E-state index contributed by atoms with van der Waals surface area (Å²) in [6.07, 6.45) is 1.76. The Labute approximate surface area is 376 Å². The topological polar surface area (TPSA) is 33.5 Å². The largest absolute Gasteiger partial charge is 0.509 e. The Hall–Kier alpha value is -7.20. The van der Waals surface area contributed by atoms with E-state index in [4.69, 9.17) is 22.1 Å². The summed E-state index contributed by atoms with van der Waals surface area (Å²) >= 11 is 0. The van der Waals surface area contributed by atoms with Crippen LogP contribution in [0.4, 0.5) is 22.7 Å². The number of hydrogen-bond donors (Lipinski definition) is 0. The Kier molecular flexibility index (Phi) is 7.47. The molecule has 0 radical (unpaired) electrons. The molecule has 0 bridgehead atoms. The zero-order chi connectivity index (χ0) is 47.0. The predicted octanol–water partition coefficient (Wildman–Crippen LogP) is 14.0. The van der Waals surface area contributed by atoms with Crippen molar-refractivity contribution in [2.75, 3.05) is 9.80 Å². The Morgan fingerprint density at radius 2 is 1.25 bits per heavy atom. The predicted molar refractivity (Wildman–Crippen MR) is 241 cm³/mol. The van der Waals surface area contributed by atoms with E-state index in [2.05, 4.69) is 47.0 Å². The van der Waals surface area contributed by atoms with Crippen molar-refractivity contribution in [3.63, 3.8) is 0 Å². The summed E-state index contributed by atoms with van der Waals surface area (Å²) in [7, 11) is 0. The van der Waals surface area contributed by atoms with Gasteiger partial charge in [-0.25, -0.2) is 4.98 Å². The molecule has 0 fully saturated rings. The zero-order valence-corrected chi connectivity index (χ0v) is 33.8. The number of benzene rings is 8. The summed E-state index contributed by atoms with van der Waals surface area (Å²) in [6.45, 7) is 1.79. The second-order valence-corrected chi connectivity index (χ2v) is 13.8. The fourth-order valence-corrected chi connectivity index (χ4v) is 7.79. The first-order valence-electron chi connectivity index (χ1n) is 23.5. The zero-order valence-electron chi connectivity index (χ0n) is 40.5. The van der Waals surface area contributed by atoms with Gasteiger partial charge in [-0.15, -0.1) is 48.1 Å². The fourth-order valence-electron chi connectivity index (χ4n) is 7.79. The maximum atomic E-state index is 9.00. The van der Waals surface area contributed by atoms with Crippen LogP contribution in [0.2, 0.25) is 0 Å². The molecule has 0 N–H and O–H groups in total. The van der Waals surface area contributed by atoms with E-state index in [1.54, 1.807) is 37.1 Å². The maximum Gasteiger partial charge on any atom is 0.135 e. The van der Waals surface area contributed by atoms with Gasteiger partial charge in [0.2, 0.25) is 0 Å². The molecular weight excluding hydrogens is 916 g/mol. The van der Waals surface area contributed by atoms with Crippen LogP contribution >= 0.6 is 0 Å². The summed E-state index contributed by atoms with van der Waals surface area (Å²) in [6, 6.07) is 49.0. The number of nitrogens with zero attached hydrogens (tertiary/aromatic N) is 4. The Balaban J connectivity index is 0.00000553. The molecule has 6 heteroatoms. The number of hydrogen-bond acceptors (Lipinski definition) is 4. The molecule has 2 aromatic heterocycles. The monoisotopic (exact) mass is 959 g/mol. The van der Waals surface area contributed by atoms with Crippen LogP contribution in [0.3, 0.4) is 0 Å². The Morgan fingerprint density at radius 3 is 2.07 bits per heavy atom. The average molecular weight is 960 g/mol. The Morgan fingerprint density at radius 1 is 0.533 bits per heavy atom. The van der Waals surface area contributed by atoms with Crippen molar-refractivity contribution in [3.8, 4) is 50.7 Å². The fraction of sp³-hybridized carbons (Fsp3) is 0. The molecule has 5 nitrogen and oxygen atoms in total. The van der Waals surface area contributed by atoms with E-state index in [1.165, 1.54) is 6.07 Å². The van der Waals surface area contributed by atoms with Gasteiger partial charge in [-0.05, 0) is 58.0 Å². The number of rotatable bonds is 8. The third-order valence-electron chi connectivity index (χ3n) is 10.4. The standard InChI is InChI=1S/C54H35N4O.Pt/c1-4-16-38(17-5-1)41-29-32-49-48(34-41)47-31-30-44(36-52(47)58(49)53-28-12-13-33-55-53)59-43-23-14-22-42(35-43)56-37-57(51-27-11-10-26-50(51)56)54-45(39-18-6-2-7-19-39)24-15-25-46(54)40-20-8-3-9-21-40;/h1-34,37H;/q-3;/i2D,3D,6D,7D,8D,9D,18D,19D,20D;. The first-order chi connectivity index (χ1) is 33.0. The van der Waals surface area contributed by atoms with Gasteiger partial charge >= 0.3 is 0 Å². The molecule has 0 atom stereocenters. The van der Waals surface area contributed by atoms with E-state index < -0.39 is 42.3 Å². The summed E-state index contributed by atoms with van der Waals surface area (Å²) in [5.41, 5.74) is 6.93. The van der Waals surface area contributed by atoms with Gasteiger partial charge in [-0.3, -0.25) is 0 Å². The van der Waals surface area contributed by atoms with E-state index in [0.29, 0.717) is 39.8 Å². The molecule has 290 valence electrons. The smallest absolute Gasteiger partial charge is 0.135 e. The first-order valence-corrected chi connectivity index (χ1v) is 19.0. The minimum absolute atomic E-state index is 0. The van der Waals surface area contributed by atoms with Crippen molar-refractivity contribution in [2.24, 2.45) is 0 Å². The second-order valence-electron chi connectivity index (χ2n) is 13.8. The van der Waals surface area contributed by atoms with Crippen molar-refractivity contribution in [1.29, 1.82) is 0 Å². The van der Waals surface area contributed by atoms with Crippen LogP contribution < -0.4 is 14.5 Å². The van der Waals surface area contributed by atoms with Crippen LogP contribution in [0.15, 0.2) is 206 Å². The molecular formula is C54H35N4OPt-3. The van der Waals surface area contributed by atoms with E-state index in [0.717, 1.165) is 38.8 Å². The SMILES string of the molecule is [2H]c1cc(-c2cccc(-c3c([2H])c([2H])c([2H])c([2H])c3[2H])c2N2[CH-]N(c3[c-]c(Oc4[c-]c5c(cc4)c4cc(-c6ccccc6)ccc4n5-c4ccccn4)ccc3)c3ccccc32)c([2H])c([2H])c1[2H].[Pt]. The maximum absolute atomic E-state index is 9.00. The summed E-state index contributed by atoms with van der Waals surface area (Å²) < 4.78 is 86.4. The number of anilines is 4. The summed E-state index contributed by atoms with van der Waals surface area (Å²) in [4.78, 5) is 8.41. The molecule has 60 heavy (non-hydrogen) atoms. The number of ether oxygens (including phenoxy) is 1. The minimum Gasteiger partial charge on any atom is -0.509 e. The average Bonchev–Trinajstić information content (AvgIpc) is 3.91. The molecule has 1 aliphatic heterocycles. The van der Waals surface area contributed by atoms with Gasteiger partial charge in [0.1, 0.15) is 5.82 Å². The summed E-state index contributed by atoms with van der Waals surface area (Å²) in [5.74, 6) is 1.58. The van der Waals surface area contributed by atoms with Crippen molar-refractivity contribution in [3.05, 3.63) is 225 Å². The number of fused-ring (bicyclic) bond motifs is 4. The van der Waals surface area contributed by atoms with Crippen molar-refractivity contribution < 1.29 is 38.1 Å². The molecule has 1 aliphatic rings. The van der Waals surface area contributed by atoms with Gasteiger partial charge in [0.15, 0.2) is 0 Å². The quantitative estimate of drug-likeness (QED) is 0.142. The molecule has 0 saturated carbocycles. The number of pyridine rings is 1. The normalized spacial score (nSPS) is 14.2. The van der Waals surface area contributed by atoms with Crippen molar-refractivity contribution in [2.45, 2.75) is 0 Å². The first kappa shape index (κ1) is 28.3. The van der Waals surface area contributed by atoms with Crippen LogP contribution in [-0.2, 0) is 21.1 Å². The van der Waals surface area contributed by atoms with Gasteiger partial charge in [0, 0.05) is 72.5 Å². The van der Waals surface area contributed by atoms with Gasteiger partial charge < -0.3 is 19.1 Å². The molecule has 0 saturated heterocycles. The molecule has 0 spiro atoms. The van der Waals surface area contributed by atoms with Crippen molar-refractivity contribution >= 4 is 44.6 Å². The molecule has 10 aromatic rings. The van der Waals surface area contributed by atoms with E-state index in [9.17, 15) is 0 Å². The van der Waals surface area contributed by atoms with E-state index in [1.807, 2.05) is 94.7 Å². The van der Waals surface area contributed by atoms with Gasteiger partial charge in [0.05, 0.1) is 12.3 Å². The van der Waals surface area contributed by atoms with Crippen LogP contribution in [-0.4, -0.2) is 9.55 Å². The Bertz CT molecular complexity index is 3640. The molecule has 0 aliphatic carbocycles. The molecule has 0 amide bonds. The van der Waals surface area contributed by atoms with E-state index in [-0.39, 0.29) is 49.8 Å².